The van der Waals surface area contributed by atoms with E-state index >= 15 is 0 Å². The molecule has 0 saturated heterocycles. The van der Waals surface area contributed by atoms with Crippen LogP contribution in [0.25, 0.3) is 11.3 Å². The van der Waals surface area contributed by atoms with Gasteiger partial charge in [-0.1, -0.05) is 37.6 Å². The number of nitrogens with two attached hydrogens (primary N) is 1. The zero-order valence-electron chi connectivity index (χ0n) is 11.4. The standard InChI is InChI=1S/C15H21N3/c1-4-5-12-6-8-13(9-7-12)15-11(2)14(10-16)18(3)17-15/h6-9H,4-5,10,16H2,1-3H3. The Balaban J connectivity index is 2.36. The van der Waals surface area contributed by atoms with Crippen molar-refractivity contribution in [3.05, 3.63) is 41.1 Å². The van der Waals surface area contributed by atoms with E-state index in [9.17, 15) is 0 Å². The summed E-state index contributed by atoms with van der Waals surface area (Å²) in [5.74, 6) is 0. The van der Waals surface area contributed by atoms with Gasteiger partial charge in [0.25, 0.3) is 0 Å². The Kier molecular flexibility index (Phi) is 3.82. The third kappa shape index (κ3) is 2.31. The van der Waals surface area contributed by atoms with Gasteiger partial charge in [-0.25, -0.2) is 0 Å². The van der Waals surface area contributed by atoms with Crippen LogP contribution >= 0.6 is 0 Å². The molecule has 18 heavy (non-hydrogen) atoms. The highest BCUT2D eigenvalue weighted by molar-refractivity contribution is 5.64. The molecule has 2 N–H and O–H groups in total. The summed E-state index contributed by atoms with van der Waals surface area (Å²) >= 11 is 0. The lowest BCUT2D eigenvalue weighted by Gasteiger charge is -2.02. The second-order valence-corrected chi connectivity index (χ2v) is 4.69. The average Bonchev–Trinajstić information content (AvgIpc) is 2.66. The molecule has 2 rings (SSSR count). The summed E-state index contributed by atoms with van der Waals surface area (Å²) in [5, 5.41) is 4.56. The van der Waals surface area contributed by atoms with Gasteiger partial charge in [-0.3, -0.25) is 4.68 Å². The predicted molar refractivity (Wildman–Crippen MR) is 75.3 cm³/mol. The first-order valence-corrected chi connectivity index (χ1v) is 6.49. The number of hydrogen-bond acceptors (Lipinski definition) is 2. The lowest BCUT2D eigenvalue weighted by molar-refractivity contribution is 0.712. The van der Waals surface area contributed by atoms with Crippen molar-refractivity contribution in [1.82, 2.24) is 9.78 Å². The van der Waals surface area contributed by atoms with Crippen molar-refractivity contribution < 1.29 is 0 Å². The molecule has 2 aromatic rings. The van der Waals surface area contributed by atoms with Crippen molar-refractivity contribution in [2.24, 2.45) is 12.8 Å². The molecule has 0 amide bonds. The predicted octanol–water partition coefficient (Wildman–Crippen LogP) is 2.81. The Morgan fingerprint density at radius 2 is 1.89 bits per heavy atom. The van der Waals surface area contributed by atoms with Crippen LogP contribution in [-0.2, 0) is 20.0 Å². The second-order valence-electron chi connectivity index (χ2n) is 4.69. The molecule has 1 aromatic heterocycles. The number of benzene rings is 1. The van der Waals surface area contributed by atoms with Crippen LogP contribution in [0.5, 0.6) is 0 Å². The fourth-order valence-electron chi connectivity index (χ4n) is 2.34. The van der Waals surface area contributed by atoms with Gasteiger partial charge in [0.1, 0.15) is 0 Å². The lowest BCUT2D eigenvalue weighted by atomic mass is 10.0. The van der Waals surface area contributed by atoms with E-state index in [4.69, 9.17) is 5.73 Å². The summed E-state index contributed by atoms with van der Waals surface area (Å²) in [6.07, 6.45) is 2.31. The molecule has 0 saturated carbocycles. The molecule has 0 unspecified atom stereocenters. The summed E-state index contributed by atoms with van der Waals surface area (Å²) in [7, 11) is 1.95. The first kappa shape index (κ1) is 12.8. The van der Waals surface area contributed by atoms with Crippen molar-refractivity contribution in [3.63, 3.8) is 0 Å². The van der Waals surface area contributed by atoms with Gasteiger partial charge in [0.2, 0.25) is 0 Å². The summed E-state index contributed by atoms with van der Waals surface area (Å²) in [6, 6.07) is 8.69. The van der Waals surface area contributed by atoms with Gasteiger partial charge < -0.3 is 5.73 Å². The van der Waals surface area contributed by atoms with Crippen LogP contribution in [0.15, 0.2) is 24.3 Å². The Bertz CT molecular complexity index is 523. The molecule has 1 aromatic carbocycles. The monoisotopic (exact) mass is 243 g/mol. The minimum atomic E-state index is 0.531. The van der Waals surface area contributed by atoms with Crippen LogP contribution in [0.4, 0.5) is 0 Å². The minimum Gasteiger partial charge on any atom is -0.325 e. The van der Waals surface area contributed by atoms with Crippen LogP contribution in [0.3, 0.4) is 0 Å². The molecule has 0 aliphatic heterocycles. The first-order valence-electron chi connectivity index (χ1n) is 6.49. The SMILES string of the molecule is CCCc1ccc(-c2nn(C)c(CN)c2C)cc1. The summed E-state index contributed by atoms with van der Waals surface area (Å²) in [4.78, 5) is 0. The van der Waals surface area contributed by atoms with Gasteiger partial charge in [-0.2, -0.15) is 5.10 Å². The fourth-order valence-corrected chi connectivity index (χ4v) is 2.34. The van der Waals surface area contributed by atoms with E-state index in [0.717, 1.165) is 17.8 Å². The molecule has 0 fully saturated rings. The number of rotatable bonds is 4. The van der Waals surface area contributed by atoms with Gasteiger partial charge in [0.15, 0.2) is 0 Å². The van der Waals surface area contributed by atoms with E-state index < -0.39 is 0 Å². The number of aryl methyl sites for hydroxylation is 2. The molecule has 0 atom stereocenters. The quantitative estimate of drug-likeness (QED) is 0.897. The van der Waals surface area contributed by atoms with Crippen molar-refractivity contribution in [3.8, 4) is 11.3 Å². The zero-order chi connectivity index (χ0) is 13.1. The van der Waals surface area contributed by atoms with Gasteiger partial charge in [0.05, 0.1) is 11.4 Å². The molecule has 0 bridgehead atoms. The number of aromatic nitrogens is 2. The molecule has 96 valence electrons. The third-order valence-corrected chi connectivity index (χ3v) is 3.39. The van der Waals surface area contributed by atoms with Crippen LogP contribution in [0.2, 0.25) is 0 Å². The molecule has 1 heterocycles. The number of nitrogens with zero attached hydrogens (tertiary/aromatic N) is 2. The average molecular weight is 243 g/mol. The first-order chi connectivity index (χ1) is 8.67. The third-order valence-electron chi connectivity index (χ3n) is 3.39. The van der Waals surface area contributed by atoms with Crippen LogP contribution < -0.4 is 5.73 Å². The van der Waals surface area contributed by atoms with Crippen molar-refractivity contribution >= 4 is 0 Å². The van der Waals surface area contributed by atoms with E-state index in [2.05, 4.69) is 43.2 Å². The highest BCUT2D eigenvalue weighted by Crippen LogP contribution is 2.24. The molecular formula is C15H21N3. The van der Waals surface area contributed by atoms with Crippen LogP contribution in [0.1, 0.15) is 30.2 Å². The molecule has 3 heteroatoms. The smallest absolute Gasteiger partial charge is 0.0955 e. The van der Waals surface area contributed by atoms with Crippen molar-refractivity contribution in [2.45, 2.75) is 33.2 Å². The van der Waals surface area contributed by atoms with Gasteiger partial charge in [0, 0.05) is 19.2 Å². The maximum Gasteiger partial charge on any atom is 0.0955 e. The summed E-state index contributed by atoms with van der Waals surface area (Å²) in [5.41, 5.74) is 11.6. The zero-order valence-corrected chi connectivity index (χ0v) is 11.4. The largest absolute Gasteiger partial charge is 0.325 e. The normalized spacial score (nSPS) is 10.9. The number of hydrogen-bond donors (Lipinski definition) is 1. The second kappa shape index (κ2) is 5.36. The van der Waals surface area contributed by atoms with Crippen molar-refractivity contribution in [2.75, 3.05) is 0 Å². The fraction of sp³-hybridized carbons (Fsp3) is 0.400. The highest BCUT2D eigenvalue weighted by atomic mass is 15.3. The molecule has 0 aliphatic rings. The van der Waals surface area contributed by atoms with E-state index in [0.29, 0.717) is 6.54 Å². The van der Waals surface area contributed by atoms with Gasteiger partial charge in [-0.15, -0.1) is 0 Å². The molecule has 0 aliphatic carbocycles. The Labute approximate surface area is 109 Å². The van der Waals surface area contributed by atoms with E-state index in [1.54, 1.807) is 0 Å². The maximum atomic E-state index is 5.75. The summed E-state index contributed by atoms with van der Waals surface area (Å²) in [6.45, 7) is 4.82. The van der Waals surface area contributed by atoms with E-state index in [1.807, 2.05) is 11.7 Å². The maximum absolute atomic E-state index is 5.75. The summed E-state index contributed by atoms with van der Waals surface area (Å²) < 4.78 is 1.88. The minimum absolute atomic E-state index is 0.531. The highest BCUT2D eigenvalue weighted by Gasteiger charge is 2.12. The topological polar surface area (TPSA) is 43.8 Å². The van der Waals surface area contributed by atoms with E-state index in [1.165, 1.54) is 23.1 Å². The van der Waals surface area contributed by atoms with E-state index in [-0.39, 0.29) is 0 Å². The van der Waals surface area contributed by atoms with Gasteiger partial charge in [-0.05, 0) is 24.5 Å². The Morgan fingerprint density at radius 3 is 2.39 bits per heavy atom. The molecule has 0 radical (unpaired) electrons. The Morgan fingerprint density at radius 1 is 1.22 bits per heavy atom. The van der Waals surface area contributed by atoms with Crippen LogP contribution in [0, 0.1) is 6.92 Å². The lowest BCUT2D eigenvalue weighted by Crippen LogP contribution is -2.05. The Hall–Kier alpha value is -1.61. The van der Waals surface area contributed by atoms with Crippen molar-refractivity contribution in [1.29, 1.82) is 0 Å². The van der Waals surface area contributed by atoms with Gasteiger partial charge >= 0.3 is 0 Å². The molecule has 0 spiro atoms. The molecular weight excluding hydrogens is 222 g/mol. The van der Waals surface area contributed by atoms with Crippen LogP contribution in [-0.4, -0.2) is 9.78 Å². The molecule has 3 nitrogen and oxygen atoms in total.